The van der Waals surface area contributed by atoms with Crippen molar-refractivity contribution in [1.29, 1.82) is 0 Å². The SMILES string of the molecule is O=C(Nc1cccc(-c2csc(-c3ccccc3)n2)c1)Nc1c(F)cccc1F. The number of halogens is 2. The summed E-state index contributed by atoms with van der Waals surface area (Å²) >= 11 is 1.53. The molecule has 144 valence electrons. The van der Waals surface area contributed by atoms with Crippen LogP contribution in [0.25, 0.3) is 21.8 Å². The maximum atomic E-state index is 13.7. The molecule has 0 aliphatic carbocycles. The molecule has 1 aromatic heterocycles. The van der Waals surface area contributed by atoms with Crippen molar-refractivity contribution in [2.24, 2.45) is 0 Å². The van der Waals surface area contributed by atoms with E-state index in [0.29, 0.717) is 5.69 Å². The van der Waals surface area contributed by atoms with Gasteiger partial charge in [-0.1, -0.05) is 48.5 Å². The Hall–Kier alpha value is -3.58. The molecule has 0 unspecified atom stereocenters. The van der Waals surface area contributed by atoms with Crippen LogP contribution in [0.3, 0.4) is 0 Å². The molecular weight excluding hydrogens is 392 g/mol. The van der Waals surface area contributed by atoms with Gasteiger partial charge in [0.25, 0.3) is 0 Å². The first-order valence-corrected chi connectivity index (χ1v) is 9.61. The van der Waals surface area contributed by atoms with Crippen LogP contribution in [0.2, 0.25) is 0 Å². The van der Waals surface area contributed by atoms with E-state index in [9.17, 15) is 13.6 Å². The summed E-state index contributed by atoms with van der Waals surface area (Å²) in [4.78, 5) is 16.8. The first-order valence-electron chi connectivity index (χ1n) is 8.73. The van der Waals surface area contributed by atoms with Crippen molar-refractivity contribution in [2.45, 2.75) is 0 Å². The maximum Gasteiger partial charge on any atom is 0.323 e. The topological polar surface area (TPSA) is 54.0 Å². The fraction of sp³-hybridized carbons (Fsp3) is 0. The zero-order valence-corrected chi connectivity index (χ0v) is 15.8. The second kappa shape index (κ2) is 8.20. The van der Waals surface area contributed by atoms with E-state index in [1.54, 1.807) is 18.2 Å². The Balaban J connectivity index is 1.51. The van der Waals surface area contributed by atoms with Crippen LogP contribution in [0.1, 0.15) is 0 Å². The predicted molar refractivity (Wildman–Crippen MR) is 112 cm³/mol. The Kier molecular flexibility index (Phi) is 5.31. The van der Waals surface area contributed by atoms with Crippen LogP contribution in [-0.2, 0) is 0 Å². The summed E-state index contributed by atoms with van der Waals surface area (Å²) in [5.74, 6) is -1.69. The molecule has 0 saturated carbocycles. The highest BCUT2D eigenvalue weighted by Crippen LogP contribution is 2.30. The largest absolute Gasteiger partial charge is 0.323 e. The summed E-state index contributed by atoms with van der Waals surface area (Å²) < 4.78 is 27.4. The van der Waals surface area contributed by atoms with Crippen molar-refractivity contribution in [3.05, 3.63) is 89.8 Å². The van der Waals surface area contributed by atoms with Crippen molar-refractivity contribution >= 4 is 28.7 Å². The van der Waals surface area contributed by atoms with Crippen molar-refractivity contribution in [1.82, 2.24) is 4.98 Å². The van der Waals surface area contributed by atoms with Gasteiger partial charge >= 0.3 is 6.03 Å². The minimum atomic E-state index is -0.843. The molecule has 2 N–H and O–H groups in total. The molecule has 0 radical (unpaired) electrons. The van der Waals surface area contributed by atoms with Gasteiger partial charge in [-0.05, 0) is 24.3 Å². The predicted octanol–water partition coefficient (Wildman–Crippen LogP) is 6.40. The minimum absolute atomic E-state index is 0.478. The zero-order valence-electron chi connectivity index (χ0n) is 15.0. The van der Waals surface area contributed by atoms with E-state index in [1.165, 1.54) is 17.4 Å². The lowest BCUT2D eigenvalue weighted by Crippen LogP contribution is -2.20. The summed E-state index contributed by atoms with van der Waals surface area (Å²) in [5, 5.41) is 7.62. The first-order chi connectivity index (χ1) is 14.1. The number of carbonyl (C=O) groups excluding carboxylic acids is 1. The number of aromatic nitrogens is 1. The Morgan fingerprint density at radius 2 is 1.52 bits per heavy atom. The number of nitrogens with one attached hydrogen (secondary N) is 2. The monoisotopic (exact) mass is 407 g/mol. The van der Waals surface area contributed by atoms with Gasteiger partial charge in [-0.15, -0.1) is 11.3 Å². The Bertz CT molecular complexity index is 1140. The van der Waals surface area contributed by atoms with Gasteiger partial charge in [-0.3, -0.25) is 0 Å². The second-order valence-corrected chi connectivity index (χ2v) is 7.02. The lowest BCUT2D eigenvalue weighted by Gasteiger charge is -2.10. The molecule has 0 bridgehead atoms. The number of hydrogen-bond acceptors (Lipinski definition) is 3. The number of hydrogen-bond donors (Lipinski definition) is 2. The van der Waals surface area contributed by atoms with Gasteiger partial charge in [-0.2, -0.15) is 0 Å². The number of para-hydroxylation sites is 1. The number of urea groups is 1. The molecule has 0 spiro atoms. The standard InChI is InChI=1S/C22H15F2N3OS/c23-17-10-5-11-18(24)20(17)27-22(28)25-16-9-4-8-15(12-16)19-13-29-21(26-19)14-6-2-1-3-7-14/h1-13H,(H2,25,27,28). The van der Waals surface area contributed by atoms with Crippen molar-refractivity contribution in [3.8, 4) is 21.8 Å². The highest BCUT2D eigenvalue weighted by atomic mass is 32.1. The van der Waals surface area contributed by atoms with E-state index in [1.807, 2.05) is 41.8 Å². The Morgan fingerprint density at radius 1 is 0.828 bits per heavy atom. The van der Waals surface area contributed by atoms with Gasteiger partial charge in [0.1, 0.15) is 22.3 Å². The van der Waals surface area contributed by atoms with Gasteiger partial charge in [0.05, 0.1) is 5.69 Å². The quantitative estimate of drug-likeness (QED) is 0.411. The summed E-state index contributed by atoms with van der Waals surface area (Å²) in [5.41, 5.74) is 2.61. The average molecular weight is 407 g/mol. The van der Waals surface area contributed by atoms with E-state index < -0.39 is 23.4 Å². The molecule has 29 heavy (non-hydrogen) atoms. The van der Waals surface area contributed by atoms with Crippen LogP contribution >= 0.6 is 11.3 Å². The average Bonchev–Trinajstić information content (AvgIpc) is 3.22. The third-order valence-corrected chi connectivity index (χ3v) is 5.03. The molecule has 4 nitrogen and oxygen atoms in total. The Morgan fingerprint density at radius 3 is 2.28 bits per heavy atom. The van der Waals surface area contributed by atoms with Crippen LogP contribution in [0.15, 0.2) is 78.2 Å². The number of anilines is 2. The van der Waals surface area contributed by atoms with Gasteiger partial charge in [0.2, 0.25) is 0 Å². The number of thiazole rings is 1. The normalized spacial score (nSPS) is 10.6. The molecule has 4 aromatic rings. The summed E-state index contributed by atoms with van der Waals surface area (Å²) in [6.07, 6.45) is 0. The molecule has 3 aromatic carbocycles. The van der Waals surface area contributed by atoms with Gasteiger partial charge in [0.15, 0.2) is 0 Å². The molecular formula is C22H15F2N3OS. The zero-order chi connectivity index (χ0) is 20.2. The molecule has 7 heteroatoms. The van der Waals surface area contributed by atoms with Crippen LogP contribution in [0, 0.1) is 11.6 Å². The molecule has 0 saturated heterocycles. The van der Waals surface area contributed by atoms with E-state index in [-0.39, 0.29) is 0 Å². The van der Waals surface area contributed by atoms with Gasteiger partial charge in [-0.25, -0.2) is 18.6 Å². The highest BCUT2D eigenvalue weighted by Gasteiger charge is 2.12. The molecule has 0 aliphatic rings. The second-order valence-electron chi connectivity index (χ2n) is 6.16. The third-order valence-electron chi connectivity index (χ3n) is 4.14. The lowest BCUT2D eigenvalue weighted by molar-refractivity contribution is 0.262. The van der Waals surface area contributed by atoms with Crippen molar-refractivity contribution < 1.29 is 13.6 Å². The highest BCUT2D eigenvalue weighted by molar-refractivity contribution is 7.13. The Labute approximate surface area is 169 Å². The number of amides is 2. The number of rotatable bonds is 4. The number of carbonyl (C=O) groups is 1. The van der Waals surface area contributed by atoms with Crippen molar-refractivity contribution in [2.75, 3.05) is 10.6 Å². The summed E-state index contributed by atoms with van der Waals surface area (Å²) in [7, 11) is 0. The van der Waals surface area contributed by atoms with Crippen LogP contribution < -0.4 is 10.6 Å². The fourth-order valence-electron chi connectivity index (χ4n) is 2.77. The number of nitrogens with zero attached hydrogens (tertiary/aromatic N) is 1. The summed E-state index contributed by atoms with van der Waals surface area (Å²) in [6.45, 7) is 0. The van der Waals surface area contributed by atoms with E-state index in [0.717, 1.165) is 34.0 Å². The van der Waals surface area contributed by atoms with Gasteiger partial charge < -0.3 is 10.6 Å². The number of benzene rings is 3. The van der Waals surface area contributed by atoms with Crippen LogP contribution in [-0.4, -0.2) is 11.0 Å². The molecule has 2 amide bonds. The van der Waals surface area contributed by atoms with E-state index >= 15 is 0 Å². The maximum absolute atomic E-state index is 13.7. The van der Waals surface area contributed by atoms with E-state index in [4.69, 9.17) is 0 Å². The molecule has 0 fully saturated rings. The lowest BCUT2D eigenvalue weighted by atomic mass is 10.1. The molecule has 4 rings (SSSR count). The van der Waals surface area contributed by atoms with Crippen LogP contribution in [0.4, 0.5) is 25.0 Å². The minimum Gasteiger partial charge on any atom is -0.308 e. The third kappa shape index (κ3) is 4.30. The van der Waals surface area contributed by atoms with Crippen LogP contribution in [0.5, 0.6) is 0 Å². The van der Waals surface area contributed by atoms with E-state index in [2.05, 4.69) is 15.6 Å². The molecule has 0 atom stereocenters. The smallest absolute Gasteiger partial charge is 0.308 e. The first kappa shape index (κ1) is 18.8. The fourth-order valence-corrected chi connectivity index (χ4v) is 3.60. The van der Waals surface area contributed by atoms with Gasteiger partial charge in [0, 0.05) is 22.2 Å². The van der Waals surface area contributed by atoms with Crippen molar-refractivity contribution in [3.63, 3.8) is 0 Å². The molecule has 1 heterocycles. The summed E-state index contributed by atoms with van der Waals surface area (Å²) in [6, 6.07) is 19.6. The molecule has 0 aliphatic heterocycles.